The molecular weight excluding hydrogens is 342 g/mol. The molecule has 2 aromatic rings. The zero-order valence-electron chi connectivity index (χ0n) is 14.2. The lowest BCUT2D eigenvalue weighted by molar-refractivity contribution is -0.118. The summed E-state index contributed by atoms with van der Waals surface area (Å²) in [6, 6.07) is 11.7. The summed E-state index contributed by atoms with van der Waals surface area (Å²) in [5.74, 6) is -0.0644. The summed E-state index contributed by atoms with van der Waals surface area (Å²) >= 11 is 5.88. The van der Waals surface area contributed by atoms with Crippen LogP contribution in [-0.4, -0.2) is 25.1 Å². The molecule has 5 nitrogen and oxygen atoms in total. The minimum atomic E-state index is -0.374. The molecule has 0 spiro atoms. The van der Waals surface area contributed by atoms with E-state index in [-0.39, 0.29) is 18.5 Å². The fourth-order valence-electron chi connectivity index (χ4n) is 2.08. The highest BCUT2D eigenvalue weighted by Crippen LogP contribution is 2.21. The van der Waals surface area contributed by atoms with Crippen LogP contribution >= 0.6 is 11.6 Å². The van der Waals surface area contributed by atoms with Gasteiger partial charge in [0.2, 0.25) is 0 Å². The molecule has 25 heavy (non-hydrogen) atoms. The van der Waals surface area contributed by atoms with Crippen molar-refractivity contribution >= 4 is 29.2 Å². The lowest BCUT2D eigenvalue weighted by Gasteiger charge is -2.10. The molecule has 2 rings (SSSR count). The van der Waals surface area contributed by atoms with Gasteiger partial charge in [0, 0.05) is 10.7 Å². The van der Waals surface area contributed by atoms with Crippen molar-refractivity contribution in [3.8, 4) is 5.75 Å². The molecule has 0 aliphatic heterocycles. The van der Waals surface area contributed by atoms with Gasteiger partial charge >= 0.3 is 5.97 Å². The van der Waals surface area contributed by atoms with Crippen molar-refractivity contribution in [2.75, 3.05) is 18.5 Å². The lowest BCUT2D eigenvalue weighted by atomic mass is 10.2. The Balaban J connectivity index is 1.87. The normalized spacial score (nSPS) is 10.2. The highest BCUT2D eigenvalue weighted by molar-refractivity contribution is 6.30. The predicted octanol–water partition coefficient (Wildman–Crippen LogP) is 4.23. The van der Waals surface area contributed by atoms with E-state index in [0.717, 1.165) is 12.0 Å². The van der Waals surface area contributed by atoms with E-state index < -0.39 is 0 Å². The van der Waals surface area contributed by atoms with Crippen LogP contribution in [0.1, 0.15) is 29.3 Å². The zero-order valence-corrected chi connectivity index (χ0v) is 14.9. The first-order chi connectivity index (χ1) is 12.0. The number of halogens is 1. The summed E-state index contributed by atoms with van der Waals surface area (Å²) in [6.07, 6.45) is 0.771. The molecule has 0 aliphatic carbocycles. The number of aryl methyl sites for hydroxylation is 1. The number of rotatable bonds is 7. The first-order valence-corrected chi connectivity index (χ1v) is 8.33. The molecule has 0 bridgehead atoms. The highest BCUT2D eigenvalue weighted by Gasteiger charge is 2.09. The summed E-state index contributed by atoms with van der Waals surface area (Å²) in [6.45, 7) is 4.05. The Labute approximate surface area is 151 Å². The Morgan fingerprint density at radius 1 is 1.12 bits per heavy atom. The number of hydrogen-bond donors (Lipinski definition) is 1. The van der Waals surface area contributed by atoms with E-state index in [1.54, 1.807) is 42.5 Å². The first-order valence-electron chi connectivity index (χ1n) is 7.95. The van der Waals surface area contributed by atoms with Gasteiger partial charge in [-0.2, -0.15) is 0 Å². The van der Waals surface area contributed by atoms with E-state index in [2.05, 4.69) is 5.32 Å². The van der Waals surface area contributed by atoms with Crippen molar-refractivity contribution in [1.29, 1.82) is 0 Å². The van der Waals surface area contributed by atoms with E-state index in [0.29, 0.717) is 28.6 Å². The van der Waals surface area contributed by atoms with Crippen molar-refractivity contribution < 1.29 is 19.1 Å². The molecule has 2 aromatic carbocycles. The SMILES string of the molecule is CCCOC(=O)c1ccc(NC(=O)COc2ccc(Cl)cc2C)cc1. The van der Waals surface area contributed by atoms with Crippen LogP contribution in [0, 0.1) is 6.92 Å². The molecule has 0 aliphatic rings. The largest absolute Gasteiger partial charge is 0.483 e. The second kappa shape index (κ2) is 9.08. The van der Waals surface area contributed by atoms with Crippen LogP contribution in [0.15, 0.2) is 42.5 Å². The molecule has 0 unspecified atom stereocenters. The summed E-state index contributed by atoms with van der Waals surface area (Å²) in [5, 5.41) is 3.33. The Morgan fingerprint density at radius 3 is 2.48 bits per heavy atom. The molecule has 0 aromatic heterocycles. The number of benzene rings is 2. The van der Waals surface area contributed by atoms with Crippen LogP contribution in [0.4, 0.5) is 5.69 Å². The standard InChI is InChI=1S/C19H20ClNO4/c1-3-10-24-19(23)14-4-7-16(8-5-14)21-18(22)12-25-17-9-6-15(20)11-13(17)2/h4-9,11H,3,10,12H2,1-2H3,(H,21,22). The lowest BCUT2D eigenvalue weighted by Crippen LogP contribution is -2.20. The maximum atomic E-state index is 12.0. The maximum absolute atomic E-state index is 12.0. The van der Waals surface area contributed by atoms with Gasteiger partial charge in [-0.3, -0.25) is 4.79 Å². The Morgan fingerprint density at radius 2 is 1.84 bits per heavy atom. The van der Waals surface area contributed by atoms with Gasteiger partial charge in [-0.25, -0.2) is 4.79 Å². The molecule has 0 saturated heterocycles. The summed E-state index contributed by atoms with van der Waals surface area (Å²) in [7, 11) is 0. The van der Waals surface area contributed by atoms with Gasteiger partial charge in [0.15, 0.2) is 6.61 Å². The summed E-state index contributed by atoms with van der Waals surface area (Å²) in [5.41, 5.74) is 1.88. The first kappa shape index (κ1) is 18.8. The average molecular weight is 362 g/mol. The monoisotopic (exact) mass is 361 g/mol. The number of nitrogens with one attached hydrogen (secondary N) is 1. The van der Waals surface area contributed by atoms with Crippen LogP contribution < -0.4 is 10.1 Å². The number of ether oxygens (including phenoxy) is 2. The number of carbonyl (C=O) groups is 2. The zero-order chi connectivity index (χ0) is 18.2. The van der Waals surface area contributed by atoms with E-state index in [4.69, 9.17) is 21.1 Å². The van der Waals surface area contributed by atoms with Gasteiger partial charge in [-0.1, -0.05) is 18.5 Å². The average Bonchev–Trinajstić information content (AvgIpc) is 2.59. The van der Waals surface area contributed by atoms with Gasteiger partial charge in [0.25, 0.3) is 5.91 Å². The molecule has 6 heteroatoms. The minimum Gasteiger partial charge on any atom is -0.483 e. The van der Waals surface area contributed by atoms with Crippen LogP contribution in [0.5, 0.6) is 5.75 Å². The number of anilines is 1. The van der Waals surface area contributed by atoms with Gasteiger partial charge in [-0.15, -0.1) is 0 Å². The number of amides is 1. The van der Waals surface area contributed by atoms with Gasteiger partial charge in [-0.05, 0) is 61.4 Å². The van der Waals surface area contributed by atoms with Crippen LogP contribution in [0.2, 0.25) is 5.02 Å². The molecule has 0 saturated carbocycles. The molecule has 1 N–H and O–H groups in total. The molecule has 132 valence electrons. The maximum Gasteiger partial charge on any atom is 0.338 e. The third-order valence-electron chi connectivity index (χ3n) is 3.34. The Kier molecular flexibility index (Phi) is 6.83. The van der Waals surface area contributed by atoms with Crippen molar-refractivity contribution in [3.63, 3.8) is 0 Å². The molecule has 0 radical (unpaired) electrons. The fraction of sp³-hybridized carbons (Fsp3) is 0.263. The molecular formula is C19H20ClNO4. The Bertz CT molecular complexity index is 744. The van der Waals surface area contributed by atoms with Crippen LogP contribution in [0.3, 0.4) is 0 Å². The predicted molar refractivity (Wildman–Crippen MR) is 97.3 cm³/mol. The second-order valence-corrected chi connectivity index (χ2v) is 5.90. The number of esters is 1. The number of hydrogen-bond acceptors (Lipinski definition) is 4. The second-order valence-electron chi connectivity index (χ2n) is 5.46. The molecule has 0 atom stereocenters. The van der Waals surface area contributed by atoms with Crippen LogP contribution in [0.25, 0.3) is 0 Å². The van der Waals surface area contributed by atoms with Gasteiger partial charge in [0.1, 0.15) is 5.75 Å². The van der Waals surface area contributed by atoms with E-state index in [1.807, 2.05) is 13.8 Å². The van der Waals surface area contributed by atoms with E-state index in [9.17, 15) is 9.59 Å². The van der Waals surface area contributed by atoms with Gasteiger partial charge < -0.3 is 14.8 Å². The van der Waals surface area contributed by atoms with E-state index in [1.165, 1.54) is 0 Å². The minimum absolute atomic E-state index is 0.122. The topological polar surface area (TPSA) is 64.6 Å². The highest BCUT2D eigenvalue weighted by atomic mass is 35.5. The molecule has 0 heterocycles. The molecule has 0 fully saturated rings. The van der Waals surface area contributed by atoms with Crippen molar-refractivity contribution in [1.82, 2.24) is 0 Å². The van der Waals surface area contributed by atoms with E-state index >= 15 is 0 Å². The van der Waals surface area contributed by atoms with Crippen LogP contribution in [-0.2, 0) is 9.53 Å². The van der Waals surface area contributed by atoms with Gasteiger partial charge in [0.05, 0.1) is 12.2 Å². The molecule has 1 amide bonds. The Hall–Kier alpha value is -2.53. The quantitative estimate of drug-likeness (QED) is 0.749. The van der Waals surface area contributed by atoms with Crippen molar-refractivity contribution in [2.24, 2.45) is 0 Å². The van der Waals surface area contributed by atoms with Crippen molar-refractivity contribution in [2.45, 2.75) is 20.3 Å². The van der Waals surface area contributed by atoms with Crippen molar-refractivity contribution in [3.05, 3.63) is 58.6 Å². The fourth-order valence-corrected chi connectivity index (χ4v) is 2.31. The third-order valence-corrected chi connectivity index (χ3v) is 3.57. The summed E-state index contributed by atoms with van der Waals surface area (Å²) < 4.78 is 10.5. The number of carbonyl (C=O) groups excluding carboxylic acids is 2. The smallest absolute Gasteiger partial charge is 0.338 e. The third kappa shape index (κ3) is 5.80. The summed E-state index contributed by atoms with van der Waals surface area (Å²) in [4.78, 5) is 23.7.